The summed E-state index contributed by atoms with van der Waals surface area (Å²) in [6, 6.07) is 14.4. The molecule has 35 heavy (non-hydrogen) atoms. The van der Waals surface area contributed by atoms with Crippen molar-refractivity contribution in [3.05, 3.63) is 66.7 Å². The minimum Gasteiger partial charge on any atom is -0.494 e. The molecule has 0 amide bonds. The van der Waals surface area contributed by atoms with E-state index in [9.17, 15) is 4.79 Å². The van der Waals surface area contributed by atoms with Crippen LogP contribution in [0.15, 0.2) is 61.2 Å². The van der Waals surface area contributed by atoms with Gasteiger partial charge in [0.1, 0.15) is 17.2 Å². The van der Waals surface area contributed by atoms with E-state index in [4.69, 9.17) is 14.2 Å². The molecule has 4 nitrogen and oxygen atoms in total. The van der Waals surface area contributed by atoms with E-state index in [1.807, 2.05) is 30.3 Å². The van der Waals surface area contributed by atoms with Crippen LogP contribution in [0.5, 0.6) is 17.2 Å². The van der Waals surface area contributed by atoms with Crippen molar-refractivity contribution < 1.29 is 19.0 Å². The zero-order valence-corrected chi connectivity index (χ0v) is 21.8. The molecule has 0 heterocycles. The lowest BCUT2D eigenvalue weighted by atomic mass is 10.1. The van der Waals surface area contributed by atoms with Crippen LogP contribution < -0.4 is 14.2 Å². The number of unbranched alkanes of at least 4 members (excludes halogenated alkanes) is 9. The molecule has 0 spiro atoms. The van der Waals surface area contributed by atoms with Crippen molar-refractivity contribution in [3.63, 3.8) is 0 Å². The molecule has 0 aliphatic carbocycles. The van der Waals surface area contributed by atoms with Gasteiger partial charge in [-0.3, -0.25) is 0 Å². The predicted molar refractivity (Wildman–Crippen MR) is 145 cm³/mol. The van der Waals surface area contributed by atoms with Crippen LogP contribution in [-0.4, -0.2) is 18.7 Å². The highest BCUT2D eigenvalue weighted by molar-refractivity contribution is 5.91. The summed E-state index contributed by atoms with van der Waals surface area (Å²) in [5.41, 5.74) is 0.498. The highest BCUT2D eigenvalue weighted by atomic mass is 16.5. The Morgan fingerprint density at radius 2 is 1.40 bits per heavy atom. The maximum Gasteiger partial charge on any atom is 0.343 e. The first-order chi connectivity index (χ1) is 17.1. The standard InChI is InChI=1S/C31H44O4/c1-4-6-8-10-11-12-13-15-25-33-28-21-23-30(24-22-28)35-31(32)27-17-19-29(20-18-27)34-26(3)16-14-9-7-5-2/h4,17-24,26H,1,5-16,25H2,2-3H3. The molecule has 0 fully saturated rings. The Morgan fingerprint density at radius 3 is 2.09 bits per heavy atom. The van der Waals surface area contributed by atoms with Crippen molar-refractivity contribution in [2.24, 2.45) is 0 Å². The van der Waals surface area contributed by atoms with E-state index in [1.54, 1.807) is 24.3 Å². The van der Waals surface area contributed by atoms with Gasteiger partial charge in [0, 0.05) is 0 Å². The maximum absolute atomic E-state index is 12.5. The maximum atomic E-state index is 12.5. The summed E-state index contributed by atoms with van der Waals surface area (Å²) >= 11 is 0. The number of benzene rings is 2. The highest BCUT2D eigenvalue weighted by Gasteiger charge is 2.10. The van der Waals surface area contributed by atoms with Gasteiger partial charge in [-0.1, -0.05) is 57.9 Å². The topological polar surface area (TPSA) is 44.8 Å². The van der Waals surface area contributed by atoms with Gasteiger partial charge in [-0.25, -0.2) is 4.79 Å². The van der Waals surface area contributed by atoms with E-state index in [1.165, 1.54) is 57.8 Å². The molecule has 2 aromatic carbocycles. The molecule has 1 atom stereocenters. The summed E-state index contributed by atoms with van der Waals surface area (Å²) in [4.78, 5) is 12.5. The summed E-state index contributed by atoms with van der Waals surface area (Å²) in [7, 11) is 0. The van der Waals surface area contributed by atoms with E-state index < -0.39 is 0 Å². The fourth-order valence-corrected chi connectivity index (χ4v) is 3.88. The van der Waals surface area contributed by atoms with E-state index in [0.29, 0.717) is 17.9 Å². The highest BCUT2D eigenvalue weighted by Crippen LogP contribution is 2.21. The largest absolute Gasteiger partial charge is 0.494 e. The lowest BCUT2D eigenvalue weighted by Gasteiger charge is -2.14. The second kappa shape index (κ2) is 17.7. The smallest absolute Gasteiger partial charge is 0.343 e. The summed E-state index contributed by atoms with van der Waals surface area (Å²) in [6.07, 6.45) is 16.6. The number of esters is 1. The number of rotatable bonds is 19. The van der Waals surface area contributed by atoms with Gasteiger partial charge < -0.3 is 14.2 Å². The van der Waals surface area contributed by atoms with Crippen molar-refractivity contribution in [2.45, 2.75) is 97.0 Å². The minimum atomic E-state index is -0.383. The molecule has 0 bridgehead atoms. The molecule has 1 unspecified atom stereocenters. The fraction of sp³-hybridized carbons (Fsp3) is 0.516. The van der Waals surface area contributed by atoms with Crippen molar-refractivity contribution in [2.75, 3.05) is 6.61 Å². The van der Waals surface area contributed by atoms with Crippen molar-refractivity contribution in [3.8, 4) is 17.2 Å². The third-order valence-electron chi connectivity index (χ3n) is 6.00. The van der Waals surface area contributed by atoms with Crippen LogP contribution in [0, 0.1) is 0 Å². The molecule has 0 N–H and O–H groups in total. The molecular weight excluding hydrogens is 436 g/mol. The zero-order chi connectivity index (χ0) is 25.1. The molecule has 2 aromatic rings. The Morgan fingerprint density at radius 1 is 0.800 bits per heavy atom. The molecule has 0 radical (unpaired) electrons. The van der Waals surface area contributed by atoms with Crippen LogP contribution in [-0.2, 0) is 0 Å². The average molecular weight is 481 g/mol. The van der Waals surface area contributed by atoms with E-state index >= 15 is 0 Å². The third-order valence-corrected chi connectivity index (χ3v) is 6.00. The van der Waals surface area contributed by atoms with Crippen LogP contribution in [0.1, 0.15) is 101 Å². The zero-order valence-electron chi connectivity index (χ0n) is 21.8. The number of allylic oxidation sites excluding steroid dienone is 1. The number of ether oxygens (including phenoxy) is 3. The predicted octanol–water partition coefficient (Wildman–Crippen LogP) is 8.94. The van der Waals surface area contributed by atoms with Gasteiger partial charge >= 0.3 is 5.97 Å². The summed E-state index contributed by atoms with van der Waals surface area (Å²) in [5.74, 6) is 1.69. The van der Waals surface area contributed by atoms with Crippen LogP contribution in [0.4, 0.5) is 0 Å². The molecule has 0 aromatic heterocycles. The molecule has 0 aliphatic rings. The van der Waals surface area contributed by atoms with Gasteiger partial charge in [-0.05, 0) is 87.6 Å². The van der Waals surface area contributed by atoms with Gasteiger partial charge in [0.05, 0.1) is 18.3 Å². The van der Waals surface area contributed by atoms with Gasteiger partial charge in [-0.2, -0.15) is 0 Å². The first kappa shape index (κ1) is 28.5. The monoisotopic (exact) mass is 480 g/mol. The lowest BCUT2D eigenvalue weighted by molar-refractivity contribution is 0.0734. The number of carbonyl (C=O) groups is 1. The molecule has 0 aliphatic heterocycles. The second-order valence-corrected chi connectivity index (χ2v) is 9.21. The van der Waals surface area contributed by atoms with Crippen LogP contribution in [0.3, 0.4) is 0 Å². The molecule has 192 valence electrons. The summed E-state index contributed by atoms with van der Waals surface area (Å²) in [6.45, 7) is 8.77. The van der Waals surface area contributed by atoms with E-state index in [-0.39, 0.29) is 12.1 Å². The Labute approximate surface area is 212 Å². The molecule has 0 saturated carbocycles. The van der Waals surface area contributed by atoms with Crippen molar-refractivity contribution in [1.82, 2.24) is 0 Å². The molecule has 0 saturated heterocycles. The Balaban J connectivity index is 1.66. The normalized spacial score (nSPS) is 11.6. The minimum absolute atomic E-state index is 0.165. The van der Waals surface area contributed by atoms with Crippen LogP contribution >= 0.6 is 0 Å². The van der Waals surface area contributed by atoms with Gasteiger partial charge in [0.15, 0.2) is 0 Å². The molecule has 4 heteroatoms. The molecular formula is C31H44O4. The summed E-state index contributed by atoms with van der Waals surface area (Å²) in [5, 5.41) is 0. The number of carbonyl (C=O) groups excluding carboxylic acids is 1. The quantitative estimate of drug-likeness (QED) is 0.0871. The van der Waals surface area contributed by atoms with Gasteiger partial charge in [-0.15, -0.1) is 6.58 Å². The number of hydrogen-bond donors (Lipinski definition) is 0. The van der Waals surface area contributed by atoms with Crippen LogP contribution in [0.2, 0.25) is 0 Å². The van der Waals surface area contributed by atoms with Crippen LogP contribution in [0.25, 0.3) is 0 Å². The number of hydrogen-bond acceptors (Lipinski definition) is 4. The Bertz CT molecular complexity index is 826. The van der Waals surface area contributed by atoms with Crippen molar-refractivity contribution in [1.29, 1.82) is 0 Å². The van der Waals surface area contributed by atoms with E-state index in [0.717, 1.165) is 30.8 Å². The van der Waals surface area contributed by atoms with E-state index in [2.05, 4.69) is 20.4 Å². The molecule has 2 rings (SSSR count). The summed E-state index contributed by atoms with van der Waals surface area (Å²) < 4.78 is 17.3. The SMILES string of the molecule is C=CCCCCCCCCOc1ccc(OC(=O)c2ccc(OC(C)CCCCCC)cc2)cc1. The fourth-order valence-electron chi connectivity index (χ4n) is 3.88. The third kappa shape index (κ3) is 12.5. The van der Waals surface area contributed by atoms with Gasteiger partial charge in [0.2, 0.25) is 0 Å². The van der Waals surface area contributed by atoms with Crippen molar-refractivity contribution >= 4 is 5.97 Å². The lowest BCUT2D eigenvalue weighted by Crippen LogP contribution is -2.12. The first-order valence-electron chi connectivity index (χ1n) is 13.4. The second-order valence-electron chi connectivity index (χ2n) is 9.21. The first-order valence-corrected chi connectivity index (χ1v) is 13.4. The van der Waals surface area contributed by atoms with Gasteiger partial charge in [0.25, 0.3) is 0 Å². The Kier molecular flexibility index (Phi) is 14.4. The average Bonchev–Trinajstić information content (AvgIpc) is 2.87. The Hall–Kier alpha value is -2.75.